The Balaban J connectivity index is 1.08. The second-order valence-corrected chi connectivity index (χ2v) is 20.4. The summed E-state index contributed by atoms with van der Waals surface area (Å²) < 4.78 is 9.44. The molecular weight excluding hydrogens is 835 g/mol. The molecule has 0 spiro atoms. The maximum absolute atomic E-state index is 7.02. The van der Waals surface area contributed by atoms with Gasteiger partial charge in [-0.15, -0.1) is 0 Å². The molecule has 0 radical (unpaired) electrons. The fourth-order valence-corrected chi connectivity index (χ4v) is 12.7. The first-order valence-corrected chi connectivity index (χ1v) is 24.4. The van der Waals surface area contributed by atoms with Gasteiger partial charge in [0.15, 0.2) is 0 Å². The van der Waals surface area contributed by atoms with Crippen molar-refractivity contribution in [2.75, 3.05) is 0 Å². The molecule has 0 aliphatic heterocycles. The van der Waals surface area contributed by atoms with E-state index in [4.69, 9.17) is 4.42 Å². The zero-order valence-corrected chi connectivity index (χ0v) is 39.2. The Labute approximate surface area is 402 Å². The molecule has 10 aromatic carbocycles. The minimum absolute atomic E-state index is 0.158. The summed E-state index contributed by atoms with van der Waals surface area (Å²) in [7, 11) is 0. The Morgan fingerprint density at radius 2 is 1.00 bits per heavy atom. The van der Waals surface area contributed by atoms with Crippen LogP contribution >= 0.6 is 0 Å². The normalized spacial score (nSPS) is 14.6. The van der Waals surface area contributed by atoms with E-state index >= 15 is 0 Å². The van der Waals surface area contributed by atoms with Gasteiger partial charge in [0, 0.05) is 44.0 Å². The van der Waals surface area contributed by atoms with Gasteiger partial charge in [0.2, 0.25) is 0 Å². The van der Waals surface area contributed by atoms with Crippen LogP contribution in [0.15, 0.2) is 223 Å². The quantitative estimate of drug-likeness (QED) is 0.152. The monoisotopic (exact) mass is 883 g/mol. The Kier molecular flexibility index (Phi) is 8.48. The molecule has 328 valence electrons. The number of hydrogen-bond acceptors (Lipinski definition) is 1. The summed E-state index contributed by atoms with van der Waals surface area (Å²) in [5, 5.41) is 4.78. The van der Waals surface area contributed by atoms with Gasteiger partial charge in [-0.1, -0.05) is 198 Å². The lowest BCUT2D eigenvalue weighted by Gasteiger charge is -2.28. The molecule has 2 aliphatic carbocycles. The summed E-state index contributed by atoms with van der Waals surface area (Å²) in [6.45, 7) is 9.61. The molecule has 0 saturated heterocycles. The third kappa shape index (κ3) is 5.73. The van der Waals surface area contributed by atoms with Crippen LogP contribution in [0, 0.1) is 0 Å². The lowest BCUT2D eigenvalue weighted by atomic mass is 9.75. The average Bonchev–Trinajstić information content (AvgIpc) is 4.08. The van der Waals surface area contributed by atoms with Gasteiger partial charge in [-0.25, -0.2) is 0 Å². The van der Waals surface area contributed by atoms with Gasteiger partial charge in [-0.05, 0) is 132 Å². The highest BCUT2D eigenvalue weighted by atomic mass is 16.3. The van der Waals surface area contributed by atoms with E-state index in [1.54, 1.807) is 0 Å². The van der Waals surface area contributed by atoms with E-state index in [9.17, 15) is 0 Å². The molecule has 0 fully saturated rings. The zero-order chi connectivity index (χ0) is 46.2. The van der Waals surface area contributed by atoms with Gasteiger partial charge in [-0.3, -0.25) is 0 Å². The number of nitrogens with zero attached hydrogens (tertiary/aromatic N) is 1. The zero-order valence-electron chi connectivity index (χ0n) is 39.2. The van der Waals surface area contributed by atoms with Crippen molar-refractivity contribution in [3.63, 3.8) is 0 Å². The highest BCUT2D eigenvalue weighted by Gasteiger charge is 2.41. The first kappa shape index (κ1) is 39.9. The fourth-order valence-electron chi connectivity index (χ4n) is 12.7. The highest BCUT2D eigenvalue weighted by molar-refractivity contribution is 6.16. The molecule has 0 bridgehead atoms. The summed E-state index contributed by atoms with van der Waals surface area (Å²) in [4.78, 5) is 0. The van der Waals surface area contributed by atoms with E-state index in [-0.39, 0.29) is 16.7 Å². The predicted octanol–water partition coefficient (Wildman–Crippen LogP) is 17.8. The van der Waals surface area contributed by atoms with Crippen molar-refractivity contribution >= 4 is 43.7 Å². The van der Waals surface area contributed by atoms with Gasteiger partial charge < -0.3 is 8.98 Å². The standard InChI is InChI=1S/C67H49NO/c1-66(2)54-28-14-11-23-47(54)48-35-34-43(38-56(48)66)62(53-37-44(41-19-7-5-8-20-41)39-57-63(53)51-25-12-15-29-55(51)67(57,3)4)52-27-18-32-61-65(52)64-46(26-17-31-60(64)69-61)42-33-36-50-49-24-13-16-30-58(49)68(59(50)40-42)45-21-9-6-10-22-45/h5-40,62H,1-4H3. The van der Waals surface area contributed by atoms with Crippen molar-refractivity contribution in [2.24, 2.45) is 0 Å². The summed E-state index contributed by atoms with van der Waals surface area (Å²) in [6, 6.07) is 81.4. The van der Waals surface area contributed by atoms with Gasteiger partial charge in [0.1, 0.15) is 11.2 Å². The SMILES string of the molecule is CC1(C)c2ccccc2-c2ccc(C(c3cc(-c4ccccc4)cc4c3-c3ccccc3C4(C)C)c3cccc4oc5cccc(-c6ccc7c8ccccc8n(-c8ccccc8)c7c6)c5c34)cc21. The molecule has 12 aromatic rings. The number of rotatable bonds is 6. The molecule has 2 heteroatoms. The Morgan fingerprint density at radius 3 is 1.81 bits per heavy atom. The van der Waals surface area contributed by atoms with Crippen molar-refractivity contribution in [1.82, 2.24) is 4.57 Å². The summed E-state index contributed by atoms with van der Waals surface area (Å²) in [5.74, 6) is -0.158. The van der Waals surface area contributed by atoms with Crippen LogP contribution in [0.2, 0.25) is 0 Å². The second kappa shape index (κ2) is 14.6. The van der Waals surface area contributed by atoms with Crippen molar-refractivity contribution in [3.8, 4) is 50.2 Å². The first-order chi connectivity index (χ1) is 33.8. The Bertz CT molecular complexity index is 4070. The minimum atomic E-state index is -0.208. The number of benzene rings is 10. The van der Waals surface area contributed by atoms with E-state index in [0.717, 1.165) is 38.8 Å². The number of aromatic nitrogens is 1. The van der Waals surface area contributed by atoms with Gasteiger partial charge >= 0.3 is 0 Å². The molecule has 14 rings (SSSR count). The van der Waals surface area contributed by atoms with E-state index in [1.165, 1.54) is 94.1 Å². The third-order valence-electron chi connectivity index (χ3n) is 15.9. The van der Waals surface area contributed by atoms with Crippen LogP contribution in [0.3, 0.4) is 0 Å². The molecular formula is C67H49NO. The van der Waals surface area contributed by atoms with Gasteiger partial charge in [0.05, 0.1) is 11.0 Å². The molecule has 2 aromatic heterocycles. The minimum Gasteiger partial charge on any atom is -0.456 e. The van der Waals surface area contributed by atoms with Crippen LogP contribution in [-0.4, -0.2) is 4.57 Å². The molecule has 1 atom stereocenters. The van der Waals surface area contributed by atoms with Crippen LogP contribution in [0.25, 0.3) is 93.9 Å². The molecule has 1 unspecified atom stereocenters. The van der Waals surface area contributed by atoms with Crippen molar-refractivity contribution in [1.29, 1.82) is 0 Å². The number of hydrogen-bond donors (Lipinski definition) is 0. The smallest absolute Gasteiger partial charge is 0.136 e. The molecule has 69 heavy (non-hydrogen) atoms. The lowest BCUT2D eigenvalue weighted by Crippen LogP contribution is -2.17. The van der Waals surface area contributed by atoms with E-state index in [0.29, 0.717) is 0 Å². The van der Waals surface area contributed by atoms with E-state index in [2.05, 4.69) is 251 Å². The number of para-hydroxylation sites is 2. The van der Waals surface area contributed by atoms with Crippen LogP contribution in [0.4, 0.5) is 0 Å². The second-order valence-electron chi connectivity index (χ2n) is 20.4. The van der Waals surface area contributed by atoms with Gasteiger partial charge in [-0.2, -0.15) is 0 Å². The molecule has 0 N–H and O–H groups in total. The first-order valence-electron chi connectivity index (χ1n) is 24.4. The van der Waals surface area contributed by atoms with Crippen molar-refractivity contribution < 1.29 is 4.42 Å². The van der Waals surface area contributed by atoms with Crippen LogP contribution in [-0.2, 0) is 10.8 Å². The average molecular weight is 884 g/mol. The summed E-state index contributed by atoms with van der Waals surface area (Å²) in [5.41, 5.74) is 24.3. The number of furan rings is 1. The van der Waals surface area contributed by atoms with Crippen molar-refractivity contribution in [2.45, 2.75) is 44.4 Å². The molecule has 0 amide bonds. The summed E-state index contributed by atoms with van der Waals surface area (Å²) >= 11 is 0. The van der Waals surface area contributed by atoms with Gasteiger partial charge in [0.25, 0.3) is 0 Å². The molecule has 2 aliphatic rings. The van der Waals surface area contributed by atoms with E-state index < -0.39 is 0 Å². The molecule has 2 heterocycles. The fraction of sp³-hybridized carbons (Fsp3) is 0.104. The molecule has 0 saturated carbocycles. The maximum Gasteiger partial charge on any atom is 0.136 e. The Hall–Kier alpha value is -8.20. The third-order valence-corrected chi connectivity index (χ3v) is 15.9. The highest BCUT2D eigenvalue weighted by Crippen LogP contribution is 2.56. The largest absolute Gasteiger partial charge is 0.456 e. The lowest BCUT2D eigenvalue weighted by molar-refractivity contribution is 0.658. The van der Waals surface area contributed by atoms with Crippen molar-refractivity contribution in [3.05, 3.63) is 257 Å². The summed E-state index contributed by atoms with van der Waals surface area (Å²) in [6.07, 6.45) is 0. The Morgan fingerprint density at radius 1 is 0.377 bits per heavy atom. The van der Waals surface area contributed by atoms with Crippen LogP contribution in [0.1, 0.15) is 72.6 Å². The maximum atomic E-state index is 7.02. The topological polar surface area (TPSA) is 18.1 Å². The predicted molar refractivity (Wildman–Crippen MR) is 288 cm³/mol. The molecule has 2 nitrogen and oxygen atoms in total. The van der Waals surface area contributed by atoms with E-state index in [1.807, 2.05) is 0 Å². The number of fused-ring (bicyclic) bond motifs is 12. The van der Waals surface area contributed by atoms with Crippen LogP contribution < -0.4 is 0 Å². The van der Waals surface area contributed by atoms with Crippen LogP contribution in [0.5, 0.6) is 0 Å².